The second kappa shape index (κ2) is 35.1. The summed E-state index contributed by atoms with van der Waals surface area (Å²) in [6.07, 6.45) is 2.84. The number of rotatable bonds is 16. The van der Waals surface area contributed by atoms with Crippen molar-refractivity contribution < 1.29 is 63.0 Å². The molecule has 1 fully saturated rings. The number of hydrogen-bond acceptors (Lipinski definition) is 13. The Morgan fingerprint density at radius 2 is 0.966 bits per heavy atom. The Morgan fingerprint density at radius 3 is 1.43 bits per heavy atom. The van der Waals surface area contributed by atoms with Crippen LogP contribution in [0.5, 0.6) is 0 Å². The standard InChI is InChI=1S/C63H113N11O13/c1-25-27-29-40(13)52(76)51-56(80)66-43(28-26-2)58(82)68(18)34-48(75)69(19)47(33-63(16,17)87)55(79)67-49(38(9)10)61(85)70(20)44(30-35(3)4)54(78)64-41(14)53(77)65-42(15)57(81)71(21)45(31-36(5)6)59(83)72(22)46(32-37(7)8)60(84)73(23)50(39(11)12)62(86)74(51)24/h25,27,35-47,49-52,76,87H,26,28-34H2,1-24H3,(H,64,78)(H,65,77)(H,66,80)(H,67,79)/b27-25+/t40-,41+,42-,43+,44+,45+,46+,47+,49+,50+,51?,52-/m1/s1. The molecule has 0 spiro atoms. The third-order valence-electron chi connectivity index (χ3n) is 16.2. The van der Waals surface area contributed by atoms with Crippen molar-refractivity contribution in [1.82, 2.24) is 55.6 Å². The van der Waals surface area contributed by atoms with Crippen LogP contribution < -0.4 is 21.3 Å². The highest BCUT2D eigenvalue weighted by molar-refractivity contribution is 5.99. The van der Waals surface area contributed by atoms with Crippen molar-refractivity contribution in [1.29, 1.82) is 0 Å². The topological polar surface area (TPSA) is 299 Å². The van der Waals surface area contributed by atoms with Crippen molar-refractivity contribution in [3.05, 3.63) is 12.2 Å². The van der Waals surface area contributed by atoms with Crippen LogP contribution in [0.2, 0.25) is 0 Å². The first kappa shape index (κ1) is 78.8. The molecule has 0 saturated carbocycles. The van der Waals surface area contributed by atoms with Crippen molar-refractivity contribution in [2.45, 2.75) is 235 Å². The van der Waals surface area contributed by atoms with Crippen LogP contribution in [0, 0.1) is 35.5 Å². The maximum absolute atomic E-state index is 15.2. The molecule has 0 radical (unpaired) electrons. The molecule has 1 aliphatic heterocycles. The molecule has 498 valence electrons. The Labute approximate surface area is 520 Å². The highest BCUT2D eigenvalue weighted by Crippen LogP contribution is 2.26. The van der Waals surface area contributed by atoms with E-state index in [9.17, 15) is 53.4 Å². The van der Waals surface area contributed by atoms with Gasteiger partial charge < -0.3 is 65.8 Å². The molecule has 24 heteroatoms. The fourth-order valence-electron chi connectivity index (χ4n) is 10.9. The number of carbonyl (C=O) groups excluding carboxylic acids is 11. The Kier molecular flexibility index (Phi) is 31.8. The van der Waals surface area contributed by atoms with Gasteiger partial charge in [0.05, 0.1) is 18.2 Å². The van der Waals surface area contributed by atoms with E-state index in [4.69, 9.17) is 0 Å². The average molecular weight is 1230 g/mol. The molecule has 87 heavy (non-hydrogen) atoms. The fourth-order valence-corrected chi connectivity index (χ4v) is 10.9. The van der Waals surface area contributed by atoms with Crippen LogP contribution >= 0.6 is 0 Å². The van der Waals surface area contributed by atoms with Crippen LogP contribution in [0.4, 0.5) is 0 Å². The summed E-state index contributed by atoms with van der Waals surface area (Å²) in [7, 11) is 9.71. The first-order valence-corrected chi connectivity index (χ1v) is 31.1. The lowest BCUT2D eigenvalue weighted by molar-refractivity contribution is -0.157. The smallest absolute Gasteiger partial charge is 0.246 e. The molecule has 0 bridgehead atoms. The van der Waals surface area contributed by atoms with Crippen molar-refractivity contribution in [3.63, 3.8) is 0 Å². The lowest BCUT2D eigenvalue weighted by atomic mass is 9.91. The van der Waals surface area contributed by atoms with Gasteiger partial charge in [0.1, 0.15) is 60.4 Å². The molecule has 1 heterocycles. The molecule has 6 N–H and O–H groups in total. The van der Waals surface area contributed by atoms with Gasteiger partial charge in [-0.2, -0.15) is 0 Å². The molecule has 11 amide bonds. The van der Waals surface area contributed by atoms with Crippen LogP contribution in [0.1, 0.15) is 163 Å². The van der Waals surface area contributed by atoms with E-state index < -0.39 is 161 Å². The molecule has 1 aliphatic rings. The van der Waals surface area contributed by atoms with Gasteiger partial charge >= 0.3 is 0 Å². The third-order valence-corrected chi connectivity index (χ3v) is 16.2. The second-order valence-corrected chi connectivity index (χ2v) is 26.9. The van der Waals surface area contributed by atoms with Gasteiger partial charge in [-0.05, 0) is 102 Å². The minimum absolute atomic E-state index is 0.0560. The number of likely N-dealkylation sites (N-methyl/N-ethyl adjacent to an activating group) is 7. The first-order chi connectivity index (χ1) is 40.0. The Balaban J connectivity index is 4.39. The van der Waals surface area contributed by atoms with Crippen LogP contribution in [0.15, 0.2) is 12.2 Å². The predicted octanol–water partition coefficient (Wildman–Crippen LogP) is 2.77. The van der Waals surface area contributed by atoms with Gasteiger partial charge in [-0.15, -0.1) is 0 Å². The van der Waals surface area contributed by atoms with Gasteiger partial charge in [0.15, 0.2) is 0 Å². The lowest BCUT2D eigenvalue weighted by Crippen LogP contribution is -2.63. The molecule has 0 aromatic heterocycles. The molecule has 1 unspecified atom stereocenters. The maximum atomic E-state index is 15.2. The lowest BCUT2D eigenvalue weighted by Gasteiger charge is -2.41. The number of nitrogens with zero attached hydrogens (tertiary/aromatic N) is 7. The molecule has 1 saturated heterocycles. The Morgan fingerprint density at radius 1 is 0.517 bits per heavy atom. The Hall–Kier alpha value is -6.17. The van der Waals surface area contributed by atoms with Gasteiger partial charge in [-0.1, -0.05) is 102 Å². The van der Waals surface area contributed by atoms with Crippen LogP contribution in [-0.4, -0.2) is 237 Å². The van der Waals surface area contributed by atoms with Gasteiger partial charge in [0.2, 0.25) is 65.0 Å². The quantitative estimate of drug-likeness (QED) is 0.121. The molecule has 12 atom stereocenters. The number of carbonyl (C=O) groups is 11. The fraction of sp³-hybridized carbons (Fsp3) is 0.794. The predicted molar refractivity (Wildman–Crippen MR) is 335 cm³/mol. The third kappa shape index (κ3) is 22.7. The summed E-state index contributed by atoms with van der Waals surface area (Å²) in [4.78, 5) is 169. The minimum Gasteiger partial charge on any atom is -0.390 e. The number of nitrogens with one attached hydrogen (secondary N) is 4. The number of aliphatic hydroxyl groups excluding tert-OH is 1. The second-order valence-electron chi connectivity index (χ2n) is 26.9. The van der Waals surface area contributed by atoms with E-state index in [1.807, 2.05) is 41.5 Å². The number of amides is 11. The zero-order chi connectivity index (χ0) is 67.6. The van der Waals surface area contributed by atoms with Crippen LogP contribution in [-0.2, 0) is 52.7 Å². The van der Waals surface area contributed by atoms with Crippen molar-refractivity contribution in [2.24, 2.45) is 35.5 Å². The van der Waals surface area contributed by atoms with Crippen LogP contribution in [0.25, 0.3) is 0 Å². The summed E-state index contributed by atoms with van der Waals surface area (Å²) in [5.74, 6) is -10.2. The molecular weight excluding hydrogens is 1120 g/mol. The molecule has 24 nitrogen and oxygen atoms in total. The molecule has 0 aromatic carbocycles. The monoisotopic (exact) mass is 1230 g/mol. The number of aliphatic hydroxyl groups is 2. The summed E-state index contributed by atoms with van der Waals surface area (Å²) in [5, 5.41) is 34.1. The van der Waals surface area contributed by atoms with Gasteiger partial charge in [0, 0.05) is 55.8 Å². The average Bonchev–Trinajstić information content (AvgIpc) is 2.66. The minimum atomic E-state index is -1.64. The van der Waals surface area contributed by atoms with E-state index in [2.05, 4.69) is 21.3 Å². The zero-order valence-electron chi connectivity index (χ0n) is 57.1. The van der Waals surface area contributed by atoms with E-state index in [1.54, 1.807) is 60.6 Å². The SMILES string of the molecule is C/C=C/C[C@@H](C)[C@@H](O)C1C(=O)N[C@@H](CCC)C(=O)N(C)CC(=O)N(C)[C@@H](CC(C)(C)O)C(=O)N[C@@H](C(C)C)C(=O)N(C)[C@@H](CC(C)C)C(=O)N[C@@H](C)C(=O)N[C@H](C)C(=O)N(C)[C@@H](CC(C)C)C(=O)N(C)[C@@H](CC(C)C)C(=O)N(C)[C@@H](C(C)C)C(=O)N1C. The molecule has 0 aliphatic carbocycles. The van der Waals surface area contributed by atoms with Gasteiger partial charge in [-0.3, -0.25) is 52.7 Å². The summed E-state index contributed by atoms with van der Waals surface area (Å²) < 4.78 is 0. The summed E-state index contributed by atoms with van der Waals surface area (Å²) >= 11 is 0. The van der Waals surface area contributed by atoms with E-state index in [0.717, 1.165) is 14.7 Å². The summed E-state index contributed by atoms with van der Waals surface area (Å²) in [6, 6.07) is -12.9. The normalized spacial score (nSPS) is 26.7. The van der Waals surface area contributed by atoms with E-state index in [1.165, 1.54) is 96.6 Å². The highest BCUT2D eigenvalue weighted by atomic mass is 16.3. The zero-order valence-corrected chi connectivity index (χ0v) is 57.1. The van der Waals surface area contributed by atoms with Gasteiger partial charge in [0.25, 0.3) is 0 Å². The highest BCUT2D eigenvalue weighted by Gasteiger charge is 2.46. The number of allylic oxidation sites excluding steroid dienone is 2. The summed E-state index contributed by atoms with van der Waals surface area (Å²) in [5.41, 5.74) is -1.55. The van der Waals surface area contributed by atoms with Gasteiger partial charge in [-0.25, -0.2) is 0 Å². The Bertz CT molecular complexity index is 2390. The maximum Gasteiger partial charge on any atom is 0.246 e. The van der Waals surface area contributed by atoms with Crippen molar-refractivity contribution in [3.8, 4) is 0 Å². The molecule has 0 aromatic rings. The van der Waals surface area contributed by atoms with E-state index in [0.29, 0.717) is 12.8 Å². The van der Waals surface area contributed by atoms with E-state index in [-0.39, 0.29) is 49.9 Å². The van der Waals surface area contributed by atoms with E-state index >= 15 is 9.59 Å². The largest absolute Gasteiger partial charge is 0.390 e. The summed E-state index contributed by atoms with van der Waals surface area (Å²) in [6.45, 7) is 28.3. The number of hydrogen-bond donors (Lipinski definition) is 6. The molecule has 1 rings (SSSR count). The van der Waals surface area contributed by atoms with Crippen molar-refractivity contribution in [2.75, 3.05) is 55.9 Å². The van der Waals surface area contributed by atoms with Crippen molar-refractivity contribution >= 4 is 65.0 Å². The molecular formula is C63H113N11O13. The van der Waals surface area contributed by atoms with Crippen LogP contribution in [0.3, 0.4) is 0 Å². The first-order valence-electron chi connectivity index (χ1n) is 31.1.